The average molecular weight is 435 g/mol. The van der Waals surface area contributed by atoms with E-state index in [1.54, 1.807) is 18.2 Å². The molecule has 0 saturated carbocycles. The van der Waals surface area contributed by atoms with Crippen molar-refractivity contribution in [2.75, 3.05) is 20.3 Å². The van der Waals surface area contributed by atoms with E-state index < -0.39 is 17.8 Å². The molecule has 0 aliphatic carbocycles. The molecule has 2 aromatic rings. The van der Waals surface area contributed by atoms with Crippen LogP contribution in [0, 0.1) is 0 Å². The van der Waals surface area contributed by atoms with Crippen LogP contribution in [0.5, 0.6) is 0 Å². The van der Waals surface area contributed by atoms with Gasteiger partial charge in [0, 0.05) is 12.7 Å². The highest BCUT2D eigenvalue weighted by Crippen LogP contribution is 2.28. The number of hydrogen-bond acceptors (Lipinski definition) is 6. The van der Waals surface area contributed by atoms with Crippen LogP contribution in [0.25, 0.3) is 17.4 Å². The first kappa shape index (κ1) is 20.7. The monoisotopic (exact) mass is 434 g/mol. The number of halogens is 1. The molecule has 0 atom stereocenters. The Morgan fingerprint density at radius 2 is 2.10 bits per heavy atom. The van der Waals surface area contributed by atoms with E-state index in [2.05, 4.69) is 5.32 Å². The van der Waals surface area contributed by atoms with Gasteiger partial charge in [-0.15, -0.1) is 0 Å². The molecule has 2 heterocycles. The van der Waals surface area contributed by atoms with Gasteiger partial charge in [0.25, 0.3) is 11.8 Å². The van der Waals surface area contributed by atoms with Gasteiger partial charge in [-0.25, -0.2) is 4.79 Å². The second-order valence-electron chi connectivity index (χ2n) is 5.97. The van der Waals surface area contributed by atoms with Crippen LogP contribution in [0.2, 0.25) is 5.02 Å². The van der Waals surface area contributed by atoms with E-state index in [0.29, 0.717) is 11.3 Å². The fourth-order valence-electron chi connectivity index (χ4n) is 2.65. The van der Waals surface area contributed by atoms with Gasteiger partial charge in [-0.1, -0.05) is 11.6 Å². The van der Waals surface area contributed by atoms with Crippen LogP contribution < -0.4 is 5.32 Å². The van der Waals surface area contributed by atoms with E-state index in [-0.39, 0.29) is 40.2 Å². The molecule has 2 amide bonds. The van der Waals surface area contributed by atoms with Crippen LogP contribution >= 0.6 is 23.8 Å². The fourth-order valence-corrected chi connectivity index (χ4v) is 3.12. The lowest BCUT2D eigenvalue weighted by molar-refractivity contribution is -0.129. The molecule has 3 rings (SSSR count). The minimum absolute atomic E-state index is 0.0108. The Kier molecular flexibility index (Phi) is 6.12. The first-order valence-electron chi connectivity index (χ1n) is 8.32. The number of furan rings is 1. The zero-order valence-electron chi connectivity index (χ0n) is 15.1. The lowest BCUT2D eigenvalue weighted by atomic mass is 10.1. The minimum atomic E-state index is -1.16. The number of nitrogens with zero attached hydrogens (tertiary/aromatic N) is 1. The van der Waals surface area contributed by atoms with Crippen molar-refractivity contribution < 1.29 is 28.6 Å². The molecule has 1 aliphatic rings. The molecule has 0 unspecified atom stereocenters. The molecule has 1 aliphatic heterocycles. The van der Waals surface area contributed by atoms with Crippen molar-refractivity contribution in [2.45, 2.75) is 0 Å². The highest BCUT2D eigenvalue weighted by molar-refractivity contribution is 7.80. The number of carbonyl (C=O) groups excluding carboxylic acids is 2. The molecule has 0 bridgehead atoms. The van der Waals surface area contributed by atoms with E-state index in [9.17, 15) is 19.5 Å². The third kappa shape index (κ3) is 4.37. The number of ether oxygens (including phenoxy) is 1. The molecule has 0 radical (unpaired) electrons. The molecular formula is C19H15ClN2O6S. The first-order chi connectivity index (χ1) is 13.8. The van der Waals surface area contributed by atoms with E-state index in [4.69, 9.17) is 33.0 Å². The summed E-state index contributed by atoms with van der Waals surface area (Å²) in [6, 6.07) is 7.59. The largest absolute Gasteiger partial charge is 0.478 e. The number of nitrogens with one attached hydrogen (secondary N) is 1. The summed E-state index contributed by atoms with van der Waals surface area (Å²) in [7, 11) is 1.49. The third-order valence-electron chi connectivity index (χ3n) is 4.10. The van der Waals surface area contributed by atoms with Crippen LogP contribution in [-0.4, -0.2) is 53.2 Å². The van der Waals surface area contributed by atoms with Gasteiger partial charge in [0.15, 0.2) is 5.11 Å². The van der Waals surface area contributed by atoms with E-state index in [0.717, 1.165) is 0 Å². The summed E-state index contributed by atoms with van der Waals surface area (Å²) in [6.45, 7) is 0.445. The van der Waals surface area contributed by atoms with Gasteiger partial charge < -0.3 is 14.3 Å². The summed E-state index contributed by atoms with van der Waals surface area (Å²) in [5.41, 5.74) is 0.279. The molecule has 8 nitrogen and oxygen atoms in total. The van der Waals surface area contributed by atoms with Crippen molar-refractivity contribution in [3.63, 3.8) is 0 Å². The molecule has 1 fully saturated rings. The molecule has 2 N–H and O–H groups in total. The molecule has 1 aromatic heterocycles. The first-order valence-corrected chi connectivity index (χ1v) is 9.11. The summed E-state index contributed by atoms with van der Waals surface area (Å²) in [4.78, 5) is 37.3. The number of hydrogen-bond donors (Lipinski definition) is 2. The number of methoxy groups -OCH3 is 1. The number of thiocarbonyl (C=S) groups is 1. The number of carbonyl (C=O) groups is 3. The van der Waals surface area contributed by atoms with Gasteiger partial charge in [0.1, 0.15) is 17.1 Å². The van der Waals surface area contributed by atoms with Crippen molar-refractivity contribution in [1.29, 1.82) is 0 Å². The molecule has 1 saturated heterocycles. The summed E-state index contributed by atoms with van der Waals surface area (Å²) >= 11 is 10.9. The molecule has 0 spiro atoms. The average Bonchev–Trinajstić information content (AvgIpc) is 3.14. The SMILES string of the molecule is COCCN1C(=O)C(=Cc2ccc(-c3ccc(Cl)c(C(=O)O)c3)o2)C(=O)NC1=S. The molecule has 150 valence electrons. The van der Waals surface area contributed by atoms with Crippen molar-refractivity contribution in [1.82, 2.24) is 10.2 Å². The highest BCUT2D eigenvalue weighted by atomic mass is 35.5. The van der Waals surface area contributed by atoms with Crippen LogP contribution in [0.3, 0.4) is 0 Å². The Bertz CT molecular complexity index is 1050. The molecule has 1 aromatic carbocycles. The number of amides is 2. The lowest BCUT2D eigenvalue weighted by Gasteiger charge is -2.28. The smallest absolute Gasteiger partial charge is 0.337 e. The predicted molar refractivity (Wildman–Crippen MR) is 108 cm³/mol. The van der Waals surface area contributed by atoms with Crippen LogP contribution in [-0.2, 0) is 14.3 Å². The Morgan fingerprint density at radius 1 is 1.34 bits per heavy atom. The maximum Gasteiger partial charge on any atom is 0.337 e. The Balaban J connectivity index is 1.90. The Hall–Kier alpha value is -3.01. The van der Waals surface area contributed by atoms with Gasteiger partial charge in [-0.2, -0.15) is 0 Å². The van der Waals surface area contributed by atoms with Crippen LogP contribution in [0.15, 0.2) is 40.3 Å². The quantitative estimate of drug-likeness (QED) is 0.408. The molecule has 29 heavy (non-hydrogen) atoms. The van der Waals surface area contributed by atoms with Crippen molar-refractivity contribution >= 4 is 52.8 Å². The van der Waals surface area contributed by atoms with Crippen molar-refractivity contribution in [3.8, 4) is 11.3 Å². The number of carboxylic acids is 1. The summed E-state index contributed by atoms with van der Waals surface area (Å²) in [5, 5.41) is 11.8. The molecular weight excluding hydrogens is 420 g/mol. The maximum atomic E-state index is 12.6. The van der Waals surface area contributed by atoms with E-state index >= 15 is 0 Å². The number of rotatable bonds is 6. The second kappa shape index (κ2) is 8.56. The van der Waals surface area contributed by atoms with Gasteiger partial charge in [0.05, 0.1) is 23.7 Å². The predicted octanol–water partition coefficient (Wildman–Crippen LogP) is 2.57. The van der Waals surface area contributed by atoms with Crippen LogP contribution in [0.4, 0.5) is 0 Å². The zero-order valence-corrected chi connectivity index (χ0v) is 16.7. The van der Waals surface area contributed by atoms with E-state index in [1.165, 1.54) is 30.2 Å². The Labute approximate surface area is 175 Å². The summed E-state index contributed by atoms with van der Waals surface area (Å²) < 4.78 is 10.6. The van der Waals surface area contributed by atoms with Crippen LogP contribution in [0.1, 0.15) is 16.1 Å². The highest BCUT2D eigenvalue weighted by Gasteiger charge is 2.33. The lowest BCUT2D eigenvalue weighted by Crippen LogP contribution is -2.54. The Morgan fingerprint density at radius 3 is 2.79 bits per heavy atom. The normalized spacial score (nSPS) is 15.7. The summed E-state index contributed by atoms with van der Waals surface area (Å²) in [5.74, 6) is -1.77. The fraction of sp³-hybridized carbons (Fsp3) is 0.158. The van der Waals surface area contributed by atoms with Gasteiger partial charge >= 0.3 is 5.97 Å². The third-order valence-corrected chi connectivity index (χ3v) is 4.75. The van der Waals surface area contributed by atoms with Gasteiger partial charge in [-0.3, -0.25) is 19.8 Å². The van der Waals surface area contributed by atoms with Crippen molar-refractivity contribution in [2.24, 2.45) is 0 Å². The molecule has 10 heteroatoms. The standard InChI is InChI=1S/C19H15ClN2O6S/c1-27-7-6-22-17(24)13(16(23)21-19(22)29)9-11-3-5-15(28-11)10-2-4-14(20)12(8-10)18(25)26/h2-5,8-9H,6-7H2,1H3,(H,25,26)(H,21,23,29). The number of benzene rings is 1. The second-order valence-corrected chi connectivity index (χ2v) is 6.76. The number of carboxylic acid groups (broad SMARTS) is 1. The maximum absolute atomic E-state index is 12.6. The zero-order chi connectivity index (χ0) is 21.1. The van der Waals surface area contributed by atoms with E-state index in [1.807, 2.05) is 0 Å². The van der Waals surface area contributed by atoms with Crippen molar-refractivity contribution in [3.05, 3.63) is 52.3 Å². The minimum Gasteiger partial charge on any atom is -0.478 e. The van der Waals surface area contributed by atoms with Gasteiger partial charge in [-0.05, 0) is 48.6 Å². The van der Waals surface area contributed by atoms with Gasteiger partial charge in [0.2, 0.25) is 0 Å². The summed E-state index contributed by atoms with van der Waals surface area (Å²) in [6.07, 6.45) is 1.30. The topological polar surface area (TPSA) is 109 Å². The number of aromatic carboxylic acids is 1.